The molecule has 0 aromatic heterocycles. The van der Waals surface area contributed by atoms with Crippen molar-refractivity contribution in [1.82, 2.24) is 16.0 Å². The zero-order chi connectivity index (χ0) is 45.1. The van der Waals surface area contributed by atoms with Gasteiger partial charge >= 0.3 is 12.1 Å². The lowest BCUT2D eigenvalue weighted by atomic mass is 9.87. The summed E-state index contributed by atoms with van der Waals surface area (Å²) >= 11 is 0. The molecule has 6 rings (SSSR count). The van der Waals surface area contributed by atoms with Crippen LogP contribution in [-0.4, -0.2) is 87.9 Å². The molecule has 0 heterocycles. The van der Waals surface area contributed by atoms with Crippen molar-refractivity contribution >= 4 is 23.9 Å². The lowest BCUT2D eigenvalue weighted by Crippen LogP contribution is -2.59. The number of amides is 3. The molecule has 330 valence electrons. The molecular weight excluding hydrogens is 803 g/mol. The molecule has 1 aliphatic carbocycles. The first kappa shape index (κ1) is 46.1. The molecule has 1 aliphatic rings. The maximum Gasteiger partial charge on any atom is 0.407 e. The van der Waals surface area contributed by atoms with E-state index in [0.29, 0.717) is 5.56 Å². The standard InChI is InChI=1S/C50H55N3O10/c1-50(2,3)28-40(53-49(61)62-30-38-36-25-15-13-23-34(36)35-24-14-16-26-37(35)38)47(59)52-41(29-54)43(56)44(57)45(58)48(60)51-39(31-17-7-4-8-18-31)27-42(55)63-46(32-19-9-5-10-20-32)33-21-11-6-12-22-33/h4-26,38-41,43-46,54,56-58H,27-30H2,1-3H3,(H,51,60)(H,52,59)(H,53,61)/t39-,40-,41-,43+,44+,45-/m0/s1. The van der Waals surface area contributed by atoms with Crippen molar-refractivity contribution in [3.63, 3.8) is 0 Å². The van der Waals surface area contributed by atoms with Gasteiger partial charge in [-0.2, -0.15) is 0 Å². The fraction of sp³-hybridized carbons (Fsp3) is 0.320. The number of benzene rings is 5. The second kappa shape index (κ2) is 21.1. The highest BCUT2D eigenvalue weighted by molar-refractivity contribution is 5.86. The van der Waals surface area contributed by atoms with E-state index in [9.17, 15) is 39.6 Å². The number of hydrogen-bond acceptors (Lipinski definition) is 10. The van der Waals surface area contributed by atoms with Crippen LogP contribution in [0.4, 0.5) is 4.79 Å². The second-order valence-corrected chi connectivity index (χ2v) is 16.9. The Kier molecular flexibility index (Phi) is 15.5. The van der Waals surface area contributed by atoms with Crippen LogP contribution in [0.1, 0.15) is 79.5 Å². The second-order valence-electron chi connectivity index (χ2n) is 16.9. The van der Waals surface area contributed by atoms with Crippen molar-refractivity contribution in [2.45, 2.75) is 82.1 Å². The van der Waals surface area contributed by atoms with Gasteiger partial charge in [-0.1, -0.05) is 160 Å². The van der Waals surface area contributed by atoms with Crippen LogP contribution in [-0.2, 0) is 23.9 Å². The van der Waals surface area contributed by atoms with Gasteiger partial charge in [0.1, 0.15) is 24.9 Å². The zero-order valence-corrected chi connectivity index (χ0v) is 35.5. The van der Waals surface area contributed by atoms with Crippen molar-refractivity contribution in [2.24, 2.45) is 5.41 Å². The molecule has 0 bridgehead atoms. The molecule has 13 heteroatoms. The van der Waals surface area contributed by atoms with Crippen LogP contribution < -0.4 is 16.0 Å². The highest BCUT2D eigenvalue weighted by atomic mass is 16.6. The van der Waals surface area contributed by atoms with Crippen LogP contribution in [0.25, 0.3) is 11.1 Å². The Morgan fingerprint density at radius 1 is 0.619 bits per heavy atom. The maximum atomic E-state index is 13.7. The van der Waals surface area contributed by atoms with Gasteiger partial charge < -0.3 is 45.9 Å². The van der Waals surface area contributed by atoms with Crippen LogP contribution in [0.5, 0.6) is 0 Å². The van der Waals surface area contributed by atoms with Gasteiger partial charge in [0.15, 0.2) is 12.2 Å². The molecule has 0 aliphatic heterocycles. The Bertz CT molecular complexity index is 2220. The minimum absolute atomic E-state index is 0.00203. The summed E-state index contributed by atoms with van der Waals surface area (Å²) in [7, 11) is 0. The summed E-state index contributed by atoms with van der Waals surface area (Å²) in [6, 6.07) is 38.7. The highest BCUT2D eigenvalue weighted by Crippen LogP contribution is 2.44. The Balaban J connectivity index is 1.09. The number of hydrogen-bond donors (Lipinski definition) is 7. The molecule has 7 N–H and O–H groups in total. The summed E-state index contributed by atoms with van der Waals surface area (Å²) in [4.78, 5) is 54.1. The molecule has 0 saturated carbocycles. The normalized spacial score (nSPS) is 15.1. The largest absolute Gasteiger partial charge is 0.452 e. The summed E-state index contributed by atoms with van der Waals surface area (Å²) in [6.07, 6.45) is -8.42. The van der Waals surface area contributed by atoms with Crippen LogP contribution in [0.3, 0.4) is 0 Å². The molecule has 0 saturated heterocycles. The number of aliphatic hydroxyl groups excluding tert-OH is 4. The van der Waals surface area contributed by atoms with Gasteiger partial charge in [0, 0.05) is 5.92 Å². The molecule has 6 atom stereocenters. The number of carbonyl (C=O) groups excluding carboxylic acids is 4. The third kappa shape index (κ3) is 12.0. The molecule has 63 heavy (non-hydrogen) atoms. The average Bonchev–Trinajstić information content (AvgIpc) is 3.61. The first-order valence-corrected chi connectivity index (χ1v) is 21.0. The van der Waals surface area contributed by atoms with Crippen LogP contribution in [0.15, 0.2) is 140 Å². The zero-order valence-electron chi connectivity index (χ0n) is 35.5. The Labute approximate surface area is 367 Å². The number of rotatable bonds is 18. The average molecular weight is 858 g/mol. The molecule has 0 spiro atoms. The topological polar surface area (TPSA) is 204 Å². The summed E-state index contributed by atoms with van der Waals surface area (Å²) in [6.45, 7) is 4.67. The van der Waals surface area contributed by atoms with Crippen molar-refractivity contribution in [3.8, 4) is 11.1 Å². The molecule has 0 radical (unpaired) electrons. The Hall–Kier alpha value is -6.38. The minimum atomic E-state index is -2.28. The van der Waals surface area contributed by atoms with E-state index >= 15 is 0 Å². The molecule has 5 aromatic carbocycles. The summed E-state index contributed by atoms with van der Waals surface area (Å²) in [5.74, 6) is -2.84. The van der Waals surface area contributed by atoms with E-state index in [1.807, 2.05) is 130 Å². The predicted molar refractivity (Wildman–Crippen MR) is 236 cm³/mol. The van der Waals surface area contributed by atoms with E-state index in [4.69, 9.17) is 9.47 Å². The highest BCUT2D eigenvalue weighted by Gasteiger charge is 2.39. The van der Waals surface area contributed by atoms with E-state index in [1.165, 1.54) is 0 Å². The molecule has 13 nitrogen and oxygen atoms in total. The van der Waals surface area contributed by atoms with Gasteiger partial charge in [-0.15, -0.1) is 0 Å². The van der Waals surface area contributed by atoms with Crippen LogP contribution in [0, 0.1) is 5.41 Å². The Morgan fingerprint density at radius 2 is 1.11 bits per heavy atom. The number of fused-ring (bicyclic) bond motifs is 3. The molecular formula is C50H55N3O10. The van der Waals surface area contributed by atoms with Crippen molar-refractivity contribution in [1.29, 1.82) is 0 Å². The SMILES string of the molecule is CC(C)(C)C[C@H](NC(=O)OCC1c2ccccc2-c2ccccc21)C(=O)N[C@@H](CO)[C@@H](O)[C@@H](O)[C@H](O)C(=O)N[C@@H](CC(=O)OC(c1ccccc1)c1ccccc1)c1ccccc1. The van der Waals surface area contributed by atoms with Crippen LogP contribution >= 0.6 is 0 Å². The molecule has 3 amide bonds. The summed E-state index contributed by atoms with van der Waals surface area (Å²) in [5.41, 5.74) is 5.59. The number of ether oxygens (including phenoxy) is 2. The van der Waals surface area contributed by atoms with E-state index < -0.39 is 78.4 Å². The van der Waals surface area contributed by atoms with Crippen molar-refractivity contribution in [3.05, 3.63) is 167 Å². The third-order valence-corrected chi connectivity index (χ3v) is 11.0. The lowest BCUT2D eigenvalue weighted by molar-refractivity contribution is -0.149. The summed E-state index contributed by atoms with van der Waals surface area (Å²) in [5, 5.41) is 51.2. The quantitative estimate of drug-likeness (QED) is 0.0554. The number of esters is 1. The summed E-state index contributed by atoms with van der Waals surface area (Å²) < 4.78 is 11.7. The van der Waals surface area contributed by atoms with Crippen LogP contribution in [0.2, 0.25) is 0 Å². The smallest absolute Gasteiger partial charge is 0.407 e. The van der Waals surface area contributed by atoms with Gasteiger partial charge in [0.25, 0.3) is 5.91 Å². The molecule has 0 unspecified atom stereocenters. The minimum Gasteiger partial charge on any atom is -0.452 e. The fourth-order valence-corrected chi connectivity index (χ4v) is 7.83. The van der Waals surface area contributed by atoms with E-state index in [2.05, 4.69) is 16.0 Å². The third-order valence-electron chi connectivity index (χ3n) is 11.0. The van der Waals surface area contributed by atoms with E-state index in [0.717, 1.165) is 33.4 Å². The predicted octanol–water partition coefficient (Wildman–Crippen LogP) is 5.47. The Morgan fingerprint density at radius 3 is 1.62 bits per heavy atom. The van der Waals surface area contributed by atoms with Gasteiger partial charge in [-0.05, 0) is 50.8 Å². The molecule has 0 fully saturated rings. The van der Waals surface area contributed by atoms with Gasteiger partial charge in [0.05, 0.1) is 25.1 Å². The van der Waals surface area contributed by atoms with E-state index in [-0.39, 0.29) is 25.4 Å². The first-order valence-electron chi connectivity index (χ1n) is 21.0. The van der Waals surface area contributed by atoms with Crippen molar-refractivity contribution < 1.29 is 49.1 Å². The number of alkyl carbamates (subject to hydrolysis) is 1. The number of nitrogens with one attached hydrogen (secondary N) is 3. The maximum absolute atomic E-state index is 13.7. The monoisotopic (exact) mass is 857 g/mol. The van der Waals surface area contributed by atoms with Gasteiger partial charge in [-0.25, -0.2) is 4.79 Å². The number of carbonyl (C=O) groups is 4. The van der Waals surface area contributed by atoms with Crippen molar-refractivity contribution in [2.75, 3.05) is 13.2 Å². The first-order chi connectivity index (χ1) is 30.2. The van der Waals surface area contributed by atoms with Gasteiger partial charge in [-0.3, -0.25) is 14.4 Å². The van der Waals surface area contributed by atoms with E-state index in [1.54, 1.807) is 30.3 Å². The fourth-order valence-electron chi connectivity index (χ4n) is 7.83. The van der Waals surface area contributed by atoms with Gasteiger partial charge in [0.2, 0.25) is 5.91 Å². The number of aliphatic hydroxyl groups is 4. The molecule has 5 aromatic rings. The lowest BCUT2D eigenvalue weighted by Gasteiger charge is -2.32.